The van der Waals surface area contributed by atoms with E-state index >= 15 is 0 Å². The SMILES string of the molecule is CCC(C)CCCCCCCCCCCCCCCCC(=O)O[C@H](COC(=O)CCCCCCCCC(C)C)COP(=O)(O)OC[C@@H](O)COP(=O)(O)OC[C@@H](COC(=O)CCCCCCCCC(C)CC)OC(=O)CCCCCCCCC(C)C. The summed E-state index contributed by atoms with van der Waals surface area (Å²) in [6, 6.07) is 0. The number of ether oxygens (including phenoxy) is 4. The van der Waals surface area contributed by atoms with Gasteiger partial charge in [-0.15, -0.1) is 0 Å². The van der Waals surface area contributed by atoms with Crippen molar-refractivity contribution in [3.8, 4) is 0 Å². The molecular formula is C67H130O17P2. The highest BCUT2D eigenvalue weighted by molar-refractivity contribution is 7.47. The number of hydrogen-bond acceptors (Lipinski definition) is 15. The van der Waals surface area contributed by atoms with Crippen molar-refractivity contribution in [2.75, 3.05) is 39.6 Å². The monoisotopic (exact) mass is 1270 g/mol. The van der Waals surface area contributed by atoms with E-state index in [1.54, 1.807) is 0 Å². The third-order valence-electron chi connectivity index (χ3n) is 16.0. The Balaban J connectivity index is 5.19. The molecule has 0 aromatic heterocycles. The molecule has 86 heavy (non-hydrogen) atoms. The van der Waals surface area contributed by atoms with Crippen LogP contribution in [0.1, 0.15) is 325 Å². The molecule has 510 valence electrons. The Labute approximate surface area is 524 Å². The molecule has 0 spiro atoms. The molecule has 4 unspecified atom stereocenters. The standard InChI is InChI=1S/C67H130O17P2/c1-9-59(7)45-37-29-19-17-15-13-11-12-14-16-18-20-33-41-49-66(71)83-62(53-77-64(69)47-39-31-24-21-27-35-43-57(3)4)55-81-85(73,74)79-51-61(68)52-80-86(75,76)82-56-63(84-67(72)50-42-34-25-22-28-36-44-58(5)6)54-78-65(70)48-40-32-26-23-30-38-46-60(8)10-2/h57-63,68H,9-56H2,1-8H3,(H,73,74)(H,75,76)/t59?,60?,61-,62-,63-/m1/s1. The van der Waals surface area contributed by atoms with Gasteiger partial charge in [-0.1, -0.05) is 274 Å². The van der Waals surface area contributed by atoms with Crippen LogP contribution in [0.3, 0.4) is 0 Å². The number of unbranched alkanes of at least 4 members (excludes halogenated alkanes) is 28. The van der Waals surface area contributed by atoms with Crippen molar-refractivity contribution in [3.05, 3.63) is 0 Å². The van der Waals surface area contributed by atoms with E-state index < -0.39 is 97.5 Å². The summed E-state index contributed by atoms with van der Waals surface area (Å²) >= 11 is 0. The molecule has 19 heteroatoms. The fourth-order valence-corrected chi connectivity index (χ4v) is 11.5. The van der Waals surface area contributed by atoms with Gasteiger partial charge in [0, 0.05) is 25.7 Å². The zero-order valence-corrected chi connectivity index (χ0v) is 57.7. The number of phosphoric ester groups is 2. The maximum absolute atomic E-state index is 13.0. The molecule has 3 N–H and O–H groups in total. The second kappa shape index (κ2) is 57.0. The van der Waals surface area contributed by atoms with Gasteiger partial charge in [-0.2, -0.15) is 0 Å². The second-order valence-corrected chi connectivity index (χ2v) is 28.6. The molecule has 0 saturated carbocycles. The largest absolute Gasteiger partial charge is 0.472 e. The Bertz CT molecular complexity index is 1720. The minimum atomic E-state index is -4.95. The van der Waals surface area contributed by atoms with E-state index in [4.69, 9.17) is 37.0 Å². The molecule has 0 fully saturated rings. The molecule has 0 aliphatic carbocycles. The summed E-state index contributed by atoms with van der Waals surface area (Å²) in [7, 11) is -9.89. The van der Waals surface area contributed by atoms with E-state index in [-0.39, 0.29) is 25.7 Å². The Morgan fingerprint density at radius 1 is 0.326 bits per heavy atom. The lowest BCUT2D eigenvalue weighted by Gasteiger charge is -2.21. The van der Waals surface area contributed by atoms with Crippen molar-refractivity contribution in [3.63, 3.8) is 0 Å². The fraction of sp³-hybridized carbons (Fsp3) is 0.940. The summed E-state index contributed by atoms with van der Waals surface area (Å²) in [4.78, 5) is 72.3. The molecule has 0 amide bonds. The number of hydrogen-bond donors (Lipinski definition) is 3. The molecule has 0 bridgehead atoms. The molecule has 0 rings (SSSR count). The van der Waals surface area contributed by atoms with Gasteiger partial charge < -0.3 is 33.8 Å². The molecule has 0 saturated heterocycles. The molecule has 0 aliphatic rings. The lowest BCUT2D eigenvalue weighted by molar-refractivity contribution is -0.161. The lowest BCUT2D eigenvalue weighted by atomic mass is 9.99. The van der Waals surface area contributed by atoms with Crippen LogP contribution < -0.4 is 0 Å². The molecule has 0 aliphatic heterocycles. The first kappa shape index (κ1) is 84.1. The smallest absolute Gasteiger partial charge is 0.462 e. The van der Waals surface area contributed by atoms with E-state index in [1.807, 2.05) is 0 Å². The number of phosphoric acid groups is 2. The van der Waals surface area contributed by atoms with Crippen LogP contribution in [0.2, 0.25) is 0 Å². The zero-order chi connectivity index (χ0) is 63.9. The van der Waals surface area contributed by atoms with Crippen molar-refractivity contribution in [1.82, 2.24) is 0 Å². The number of rotatable bonds is 64. The first-order valence-electron chi connectivity index (χ1n) is 34.8. The highest BCUT2D eigenvalue weighted by atomic mass is 31.2. The Morgan fingerprint density at radius 3 is 0.826 bits per heavy atom. The Hall–Kier alpha value is -1.94. The van der Waals surface area contributed by atoms with Gasteiger partial charge >= 0.3 is 39.5 Å². The molecule has 0 radical (unpaired) electrons. The average molecular weight is 1270 g/mol. The number of aliphatic hydroxyl groups is 1. The van der Waals surface area contributed by atoms with Crippen LogP contribution in [0.15, 0.2) is 0 Å². The molecule has 0 heterocycles. The van der Waals surface area contributed by atoms with E-state index in [1.165, 1.54) is 116 Å². The summed E-state index contributed by atoms with van der Waals surface area (Å²) in [5.74, 6) is 0.784. The number of carbonyl (C=O) groups is 4. The number of aliphatic hydroxyl groups excluding tert-OH is 1. The summed E-state index contributed by atoms with van der Waals surface area (Å²) in [5, 5.41) is 10.5. The quantitative estimate of drug-likeness (QED) is 0.0222. The highest BCUT2D eigenvalue weighted by Gasteiger charge is 2.30. The average Bonchev–Trinajstić information content (AvgIpc) is 3.67. The Morgan fingerprint density at radius 2 is 0.558 bits per heavy atom. The van der Waals surface area contributed by atoms with E-state index in [0.29, 0.717) is 37.5 Å². The normalized spacial score (nSPS) is 15.0. The van der Waals surface area contributed by atoms with E-state index in [2.05, 4.69) is 55.4 Å². The first-order chi connectivity index (χ1) is 41.2. The van der Waals surface area contributed by atoms with Crippen LogP contribution >= 0.6 is 15.6 Å². The predicted octanol–water partition coefficient (Wildman–Crippen LogP) is 18.5. The highest BCUT2D eigenvalue weighted by Crippen LogP contribution is 2.45. The minimum absolute atomic E-state index is 0.101. The van der Waals surface area contributed by atoms with Gasteiger partial charge in [-0.05, 0) is 49.4 Å². The number of carbonyl (C=O) groups excluding carboxylic acids is 4. The Kier molecular flexibility index (Phi) is 55.7. The van der Waals surface area contributed by atoms with Crippen molar-refractivity contribution in [2.45, 2.75) is 343 Å². The first-order valence-corrected chi connectivity index (χ1v) is 37.8. The van der Waals surface area contributed by atoms with Crippen molar-refractivity contribution >= 4 is 39.5 Å². The third-order valence-corrected chi connectivity index (χ3v) is 17.9. The second-order valence-electron chi connectivity index (χ2n) is 25.6. The van der Waals surface area contributed by atoms with Crippen LogP contribution in [-0.2, 0) is 65.4 Å². The summed E-state index contributed by atoms with van der Waals surface area (Å²) in [6.45, 7) is 14.0. The van der Waals surface area contributed by atoms with Crippen molar-refractivity contribution in [1.29, 1.82) is 0 Å². The summed E-state index contributed by atoms with van der Waals surface area (Å²) < 4.78 is 68.0. The van der Waals surface area contributed by atoms with Crippen LogP contribution in [0.5, 0.6) is 0 Å². The van der Waals surface area contributed by atoms with Crippen LogP contribution in [0, 0.1) is 23.7 Å². The molecule has 0 aromatic rings. The van der Waals surface area contributed by atoms with Gasteiger partial charge in [0.2, 0.25) is 0 Å². The fourth-order valence-electron chi connectivity index (χ4n) is 9.89. The van der Waals surface area contributed by atoms with E-state index in [9.17, 15) is 43.2 Å². The zero-order valence-electron chi connectivity index (χ0n) is 55.9. The van der Waals surface area contributed by atoms with Gasteiger partial charge in [0.1, 0.15) is 19.3 Å². The van der Waals surface area contributed by atoms with Crippen molar-refractivity contribution < 1.29 is 80.2 Å². The minimum Gasteiger partial charge on any atom is -0.462 e. The van der Waals surface area contributed by atoms with Gasteiger partial charge in [0.15, 0.2) is 12.2 Å². The maximum Gasteiger partial charge on any atom is 0.472 e. The topological polar surface area (TPSA) is 237 Å². The van der Waals surface area contributed by atoms with Crippen LogP contribution in [0.25, 0.3) is 0 Å². The maximum atomic E-state index is 13.0. The van der Waals surface area contributed by atoms with E-state index in [0.717, 1.165) is 115 Å². The van der Waals surface area contributed by atoms with Crippen LogP contribution in [0.4, 0.5) is 0 Å². The molecule has 0 aromatic carbocycles. The summed E-state index contributed by atoms with van der Waals surface area (Å²) in [5.41, 5.74) is 0. The number of esters is 4. The third kappa shape index (κ3) is 58.4. The van der Waals surface area contributed by atoms with Crippen molar-refractivity contribution in [2.24, 2.45) is 23.7 Å². The molecule has 7 atom stereocenters. The predicted molar refractivity (Wildman–Crippen MR) is 344 cm³/mol. The molecular weight excluding hydrogens is 1140 g/mol. The lowest BCUT2D eigenvalue weighted by Crippen LogP contribution is -2.30. The van der Waals surface area contributed by atoms with Gasteiger partial charge in [-0.3, -0.25) is 37.3 Å². The molecule has 17 nitrogen and oxygen atoms in total. The van der Waals surface area contributed by atoms with Gasteiger partial charge in [-0.25, -0.2) is 9.13 Å². The van der Waals surface area contributed by atoms with Crippen LogP contribution in [-0.4, -0.2) is 96.7 Å². The summed E-state index contributed by atoms with van der Waals surface area (Å²) in [6.07, 6.45) is 37.9. The van der Waals surface area contributed by atoms with Gasteiger partial charge in [0.25, 0.3) is 0 Å². The van der Waals surface area contributed by atoms with Gasteiger partial charge in [0.05, 0.1) is 26.4 Å².